The summed E-state index contributed by atoms with van der Waals surface area (Å²) in [6.07, 6.45) is 0.490. The van der Waals surface area contributed by atoms with Crippen LogP contribution < -0.4 is 16.6 Å². The van der Waals surface area contributed by atoms with E-state index in [4.69, 9.17) is 5.11 Å². The highest BCUT2D eigenvalue weighted by atomic mass is 16.4. The molecule has 0 saturated heterocycles. The molecule has 0 unspecified atom stereocenters. The molecule has 9 nitrogen and oxygen atoms in total. The van der Waals surface area contributed by atoms with Crippen LogP contribution >= 0.6 is 0 Å². The fourth-order valence-electron chi connectivity index (χ4n) is 1.91. The summed E-state index contributed by atoms with van der Waals surface area (Å²) in [6, 6.07) is 0. The molecule has 20 heavy (non-hydrogen) atoms. The van der Waals surface area contributed by atoms with Gasteiger partial charge in [0.1, 0.15) is 0 Å². The number of hydrogen-bond donors (Lipinski definition) is 3. The summed E-state index contributed by atoms with van der Waals surface area (Å²) in [5, 5.41) is 11.5. The summed E-state index contributed by atoms with van der Waals surface area (Å²) in [4.78, 5) is 40.1. The number of carboxylic acids is 1. The van der Waals surface area contributed by atoms with E-state index in [-0.39, 0.29) is 17.6 Å². The highest BCUT2D eigenvalue weighted by Gasteiger charge is 2.14. The van der Waals surface area contributed by atoms with Gasteiger partial charge in [-0.1, -0.05) is 0 Å². The van der Waals surface area contributed by atoms with Crippen molar-refractivity contribution in [2.45, 2.75) is 12.8 Å². The zero-order chi connectivity index (χ0) is 14.9. The van der Waals surface area contributed by atoms with E-state index in [0.29, 0.717) is 18.9 Å². The Bertz CT molecular complexity index is 769. The normalized spacial score (nSPS) is 10.9. The molecule has 2 aromatic rings. The molecule has 108 valence electrons. The molecule has 0 fully saturated rings. The maximum Gasteiger partial charge on any atom is 0.329 e. The largest absolute Gasteiger partial charge is 0.481 e. The third-order valence-electron chi connectivity index (χ3n) is 2.99. The summed E-state index contributed by atoms with van der Waals surface area (Å²) < 4.78 is 2.79. The van der Waals surface area contributed by atoms with Crippen LogP contribution in [-0.4, -0.2) is 36.7 Å². The van der Waals surface area contributed by atoms with Gasteiger partial charge in [0.2, 0.25) is 5.95 Å². The summed E-state index contributed by atoms with van der Waals surface area (Å²) in [7, 11) is 3.16. The second-order valence-electron chi connectivity index (χ2n) is 4.41. The van der Waals surface area contributed by atoms with Gasteiger partial charge in [-0.25, -0.2) is 4.79 Å². The molecule has 0 aliphatic rings. The lowest BCUT2D eigenvalue weighted by Crippen LogP contribution is -2.29. The van der Waals surface area contributed by atoms with Crippen molar-refractivity contribution in [2.24, 2.45) is 14.1 Å². The number of imidazole rings is 1. The first kappa shape index (κ1) is 13.8. The van der Waals surface area contributed by atoms with Gasteiger partial charge in [0, 0.05) is 27.1 Å². The van der Waals surface area contributed by atoms with Gasteiger partial charge in [0.05, 0.1) is 0 Å². The number of nitrogens with one attached hydrogen (secondary N) is 2. The van der Waals surface area contributed by atoms with Crippen LogP contribution in [0.15, 0.2) is 9.59 Å². The lowest BCUT2D eigenvalue weighted by atomic mass is 10.3. The zero-order valence-electron chi connectivity index (χ0n) is 11.1. The Morgan fingerprint density at radius 2 is 2.05 bits per heavy atom. The molecule has 0 aliphatic carbocycles. The Balaban J connectivity index is 2.32. The molecule has 0 amide bonds. The van der Waals surface area contributed by atoms with Crippen LogP contribution in [0.1, 0.15) is 12.8 Å². The van der Waals surface area contributed by atoms with Gasteiger partial charge >= 0.3 is 11.7 Å². The number of aromatic amines is 1. The van der Waals surface area contributed by atoms with Crippen molar-refractivity contribution < 1.29 is 9.90 Å². The lowest BCUT2D eigenvalue weighted by Gasteiger charge is -2.04. The van der Waals surface area contributed by atoms with E-state index >= 15 is 0 Å². The molecule has 3 N–H and O–H groups in total. The molecule has 0 aliphatic heterocycles. The van der Waals surface area contributed by atoms with Crippen LogP contribution in [0.5, 0.6) is 0 Å². The molecule has 0 bridgehead atoms. The molecule has 0 saturated carbocycles. The lowest BCUT2D eigenvalue weighted by molar-refractivity contribution is -0.137. The highest BCUT2D eigenvalue weighted by molar-refractivity contribution is 5.73. The van der Waals surface area contributed by atoms with Crippen LogP contribution in [0.2, 0.25) is 0 Å². The number of nitrogens with zero attached hydrogens (tertiary/aromatic N) is 3. The first-order valence-corrected chi connectivity index (χ1v) is 6.03. The van der Waals surface area contributed by atoms with Crippen LogP contribution in [-0.2, 0) is 18.9 Å². The number of carboxylic acid groups (broad SMARTS) is 1. The second-order valence-corrected chi connectivity index (χ2v) is 4.41. The Kier molecular flexibility index (Phi) is 3.59. The second kappa shape index (κ2) is 5.19. The van der Waals surface area contributed by atoms with Crippen LogP contribution in [0.4, 0.5) is 5.95 Å². The average molecular weight is 281 g/mol. The Morgan fingerprint density at radius 1 is 1.35 bits per heavy atom. The fourth-order valence-corrected chi connectivity index (χ4v) is 1.91. The number of aryl methyl sites for hydroxylation is 2. The monoisotopic (exact) mass is 281 g/mol. The van der Waals surface area contributed by atoms with Gasteiger partial charge < -0.3 is 15.0 Å². The predicted molar refractivity (Wildman–Crippen MR) is 71.9 cm³/mol. The zero-order valence-corrected chi connectivity index (χ0v) is 11.1. The van der Waals surface area contributed by atoms with Gasteiger partial charge in [-0.2, -0.15) is 4.98 Å². The van der Waals surface area contributed by atoms with Gasteiger partial charge in [0.25, 0.3) is 5.56 Å². The minimum atomic E-state index is -0.865. The molecule has 0 radical (unpaired) electrons. The number of aliphatic carboxylic acids is 1. The standard InChI is InChI=1S/C11H15N5O4/c1-15-7-8(16(2)11(20)14-9(7)19)13-10(15)12-5-3-4-6(17)18/h3-5H2,1-2H3,(H,12,13)(H,17,18)(H,14,19,20). The number of rotatable bonds is 5. The van der Waals surface area contributed by atoms with E-state index < -0.39 is 17.2 Å². The summed E-state index contributed by atoms with van der Waals surface area (Å²) in [6.45, 7) is 0.412. The van der Waals surface area contributed by atoms with E-state index in [1.165, 1.54) is 16.2 Å². The van der Waals surface area contributed by atoms with Crippen LogP contribution in [0, 0.1) is 0 Å². The number of fused-ring (bicyclic) bond motifs is 1. The van der Waals surface area contributed by atoms with Gasteiger partial charge in [0.15, 0.2) is 11.2 Å². The number of aromatic nitrogens is 4. The highest BCUT2D eigenvalue weighted by Crippen LogP contribution is 2.12. The van der Waals surface area contributed by atoms with E-state index in [1.54, 1.807) is 7.05 Å². The van der Waals surface area contributed by atoms with E-state index in [9.17, 15) is 14.4 Å². The number of hydrogen-bond acceptors (Lipinski definition) is 5. The predicted octanol–water partition coefficient (Wildman–Crippen LogP) is -0.763. The van der Waals surface area contributed by atoms with Gasteiger partial charge in [-0.05, 0) is 6.42 Å². The number of carbonyl (C=O) groups is 1. The molecular formula is C11H15N5O4. The third-order valence-corrected chi connectivity index (χ3v) is 2.99. The third kappa shape index (κ3) is 2.42. The number of anilines is 1. The maximum absolute atomic E-state index is 11.8. The van der Waals surface area contributed by atoms with Crippen molar-refractivity contribution in [3.63, 3.8) is 0 Å². The molecule has 9 heteroatoms. The van der Waals surface area contributed by atoms with Crippen molar-refractivity contribution in [3.05, 3.63) is 20.8 Å². The minimum absolute atomic E-state index is 0.0516. The molecule has 2 rings (SSSR count). The van der Waals surface area contributed by atoms with E-state index in [1.807, 2.05) is 0 Å². The Labute approximate surface area is 112 Å². The number of H-pyrrole nitrogens is 1. The summed E-state index contributed by atoms with van der Waals surface area (Å²) in [5.74, 6) is -0.451. The molecule has 2 aromatic heterocycles. The topological polar surface area (TPSA) is 122 Å². The van der Waals surface area contributed by atoms with Crippen molar-refractivity contribution >= 4 is 23.1 Å². The molecule has 0 aromatic carbocycles. The van der Waals surface area contributed by atoms with Gasteiger partial charge in [-0.15, -0.1) is 0 Å². The van der Waals surface area contributed by atoms with Crippen molar-refractivity contribution in [1.29, 1.82) is 0 Å². The van der Waals surface area contributed by atoms with E-state index in [0.717, 1.165) is 0 Å². The summed E-state index contributed by atoms with van der Waals surface area (Å²) in [5.41, 5.74) is -0.468. The molecule has 0 atom stereocenters. The van der Waals surface area contributed by atoms with Crippen molar-refractivity contribution in [2.75, 3.05) is 11.9 Å². The average Bonchev–Trinajstić information content (AvgIpc) is 2.70. The quantitative estimate of drug-likeness (QED) is 0.619. The summed E-state index contributed by atoms with van der Waals surface area (Å²) >= 11 is 0. The van der Waals surface area contributed by atoms with Gasteiger partial charge in [-0.3, -0.25) is 19.1 Å². The Morgan fingerprint density at radius 3 is 2.70 bits per heavy atom. The first-order valence-electron chi connectivity index (χ1n) is 6.03. The molecule has 0 spiro atoms. The first-order chi connectivity index (χ1) is 9.41. The van der Waals surface area contributed by atoms with E-state index in [2.05, 4.69) is 15.3 Å². The fraction of sp³-hybridized carbons (Fsp3) is 0.455. The van der Waals surface area contributed by atoms with Crippen LogP contribution in [0.3, 0.4) is 0 Å². The SMILES string of the molecule is Cn1c(NCCCC(=O)O)nc2c1c(=O)[nH]c(=O)n2C. The Hall–Kier alpha value is -2.58. The van der Waals surface area contributed by atoms with Crippen molar-refractivity contribution in [3.8, 4) is 0 Å². The molecule has 2 heterocycles. The molecular weight excluding hydrogens is 266 g/mol. The maximum atomic E-state index is 11.8. The minimum Gasteiger partial charge on any atom is -0.481 e. The smallest absolute Gasteiger partial charge is 0.329 e. The van der Waals surface area contributed by atoms with Crippen molar-refractivity contribution in [1.82, 2.24) is 19.1 Å². The van der Waals surface area contributed by atoms with Crippen LogP contribution in [0.25, 0.3) is 11.2 Å².